The van der Waals surface area contributed by atoms with Gasteiger partial charge in [-0.05, 0) is 37.1 Å². The first-order valence-corrected chi connectivity index (χ1v) is 7.39. The van der Waals surface area contributed by atoms with E-state index in [9.17, 15) is 13.6 Å². The summed E-state index contributed by atoms with van der Waals surface area (Å²) in [5.41, 5.74) is 0.675. The monoisotopic (exact) mass is 285 g/mol. The van der Waals surface area contributed by atoms with Crippen LogP contribution in [0.2, 0.25) is 0 Å². The molecule has 0 heterocycles. The zero-order valence-corrected chi connectivity index (χ0v) is 11.4. The molecular weight excluding hydrogens is 268 g/mol. The summed E-state index contributed by atoms with van der Waals surface area (Å²) >= 11 is 0.508. The summed E-state index contributed by atoms with van der Waals surface area (Å²) in [5.74, 6) is -2.26. The molecular formula is C14H17F2NOS. The van der Waals surface area contributed by atoms with Crippen LogP contribution in [0, 0.1) is 5.92 Å². The van der Waals surface area contributed by atoms with E-state index < -0.39 is 5.76 Å². The van der Waals surface area contributed by atoms with Gasteiger partial charge in [0, 0.05) is 16.5 Å². The Kier molecular flexibility index (Phi) is 5.19. The van der Waals surface area contributed by atoms with Crippen LogP contribution >= 0.6 is 11.8 Å². The van der Waals surface area contributed by atoms with Gasteiger partial charge in [-0.15, -0.1) is 0 Å². The standard InChI is InChI=1S/C14H17F2NOS/c15-14(16)19-12-8-6-11(7-9-12)17-13(18)10-4-2-1-3-5-10/h6-10,14H,1-5H2,(H,17,18). The Hall–Kier alpha value is -1.10. The molecule has 5 heteroatoms. The predicted octanol–water partition coefficient (Wildman–Crippen LogP) is 4.52. The minimum atomic E-state index is -2.41. The van der Waals surface area contributed by atoms with Gasteiger partial charge in [-0.1, -0.05) is 31.0 Å². The van der Waals surface area contributed by atoms with Crippen molar-refractivity contribution < 1.29 is 13.6 Å². The average Bonchev–Trinajstić information content (AvgIpc) is 2.41. The minimum Gasteiger partial charge on any atom is -0.326 e. The molecule has 104 valence electrons. The fraction of sp³-hybridized carbons (Fsp3) is 0.500. The number of hydrogen-bond acceptors (Lipinski definition) is 2. The lowest BCUT2D eigenvalue weighted by atomic mass is 9.88. The number of halogens is 2. The van der Waals surface area contributed by atoms with Crippen LogP contribution < -0.4 is 5.32 Å². The number of rotatable bonds is 4. The zero-order valence-electron chi connectivity index (χ0n) is 10.6. The van der Waals surface area contributed by atoms with Crippen LogP contribution in [-0.2, 0) is 4.79 Å². The summed E-state index contributed by atoms with van der Waals surface area (Å²) < 4.78 is 24.3. The van der Waals surface area contributed by atoms with Crippen LogP contribution in [0.3, 0.4) is 0 Å². The van der Waals surface area contributed by atoms with Crippen molar-refractivity contribution in [3.63, 3.8) is 0 Å². The molecule has 1 N–H and O–H groups in total. The smallest absolute Gasteiger partial charge is 0.288 e. The molecule has 0 radical (unpaired) electrons. The topological polar surface area (TPSA) is 29.1 Å². The highest BCUT2D eigenvalue weighted by molar-refractivity contribution is 7.99. The fourth-order valence-electron chi connectivity index (χ4n) is 2.33. The average molecular weight is 285 g/mol. The lowest BCUT2D eigenvalue weighted by Gasteiger charge is -2.20. The molecule has 0 atom stereocenters. The van der Waals surface area contributed by atoms with E-state index in [1.807, 2.05) is 0 Å². The van der Waals surface area contributed by atoms with Crippen molar-refractivity contribution in [2.45, 2.75) is 42.8 Å². The summed E-state index contributed by atoms with van der Waals surface area (Å²) in [6.07, 6.45) is 5.34. The summed E-state index contributed by atoms with van der Waals surface area (Å²) in [5, 5.41) is 2.86. The molecule has 2 nitrogen and oxygen atoms in total. The number of carbonyl (C=O) groups is 1. The number of benzene rings is 1. The van der Waals surface area contributed by atoms with Gasteiger partial charge < -0.3 is 5.32 Å². The molecule has 1 saturated carbocycles. The van der Waals surface area contributed by atoms with E-state index in [2.05, 4.69) is 5.32 Å². The van der Waals surface area contributed by atoms with E-state index in [0.29, 0.717) is 22.3 Å². The first-order valence-electron chi connectivity index (χ1n) is 6.51. The second-order valence-corrected chi connectivity index (χ2v) is 5.79. The summed E-state index contributed by atoms with van der Waals surface area (Å²) in [7, 11) is 0. The molecule has 19 heavy (non-hydrogen) atoms. The Balaban J connectivity index is 1.89. The molecule has 1 aromatic carbocycles. The van der Waals surface area contributed by atoms with Crippen LogP contribution in [0.4, 0.5) is 14.5 Å². The second kappa shape index (κ2) is 6.89. The highest BCUT2D eigenvalue weighted by Crippen LogP contribution is 2.27. The highest BCUT2D eigenvalue weighted by Gasteiger charge is 2.20. The maximum absolute atomic E-state index is 12.2. The number of anilines is 1. The number of carbonyl (C=O) groups excluding carboxylic acids is 1. The van der Waals surface area contributed by atoms with Gasteiger partial charge in [0.25, 0.3) is 5.76 Å². The molecule has 1 fully saturated rings. The third-order valence-electron chi connectivity index (χ3n) is 3.32. The third-order valence-corrected chi connectivity index (χ3v) is 4.05. The Morgan fingerprint density at radius 3 is 2.37 bits per heavy atom. The van der Waals surface area contributed by atoms with Gasteiger partial charge in [-0.3, -0.25) is 4.79 Å². The van der Waals surface area contributed by atoms with E-state index in [1.165, 1.54) is 6.42 Å². The summed E-state index contributed by atoms with van der Waals surface area (Å²) in [6, 6.07) is 6.55. The molecule has 2 rings (SSSR count). The largest absolute Gasteiger partial charge is 0.326 e. The summed E-state index contributed by atoms with van der Waals surface area (Å²) in [6.45, 7) is 0. The van der Waals surface area contributed by atoms with Crippen molar-refractivity contribution in [1.82, 2.24) is 0 Å². The van der Waals surface area contributed by atoms with E-state index in [4.69, 9.17) is 0 Å². The number of thioether (sulfide) groups is 1. The normalized spacial score (nSPS) is 16.6. The molecule has 0 unspecified atom stereocenters. The van der Waals surface area contributed by atoms with Gasteiger partial charge >= 0.3 is 0 Å². The Labute approximate surface area is 116 Å². The van der Waals surface area contributed by atoms with Crippen LogP contribution in [0.15, 0.2) is 29.2 Å². The van der Waals surface area contributed by atoms with Gasteiger partial charge in [-0.25, -0.2) is 0 Å². The first-order chi connectivity index (χ1) is 9.15. The Morgan fingerprint density at radius 1 is 1.16 bits per heavy atom. The van der Waals surface area contributed by atoms with E-state index in [-0.39, 0.29) is 11.8 Å². The number of hydrogen-bond donors (Lipinski definition) is 1. The van der Waals surface area contributed by atoms with Crippen LogP contribution in [0.25, 0.3) is 0 Å². The van der Waals surface area contributed by atoms with E-state index >= 15 is 0 Å². The van der Waals surface area contributed by atoms with Crippen molar-refractivity contribution in [3.05, 3.63) is 24.3 Å². The van der Waals surface area contributed by atoms with Gasteiger partial charge in [0.2, 0.25) is 5.91 Å². The molecule has 0 bridgehead atoms. The molecule has 1 aromatic rings. The summed E-state index contributed by atoms with van der Waals surface area (Å²) in [4.78, 5) is 12.5. The fourth-order valence-corrected chi connectivity index (χ4v) is 2.83. The third kappa shape index (κ3) is 4.49. The van der Waals surface area contributed by atoms with Crippen molar-refractivity contribution in [1.29, 1.82) is 0 Å². The maximum Gasteiger partial charge on any atom is 0.288 e. The molecule has 0 aromatic heterocycles. The maximum atomic E-state index is 12.2. The van der Waals surface area contributed by atoms with Crippen molar-refractivity contribution in [3.8, 4) is 0 Å². The predicted molar refractivity (Wildman–Crippen MR) is 73.5 cm³/mol. The highest BCUT2D eigenvalue weighted by atomic mass is 32.2. The minimum absolute atomic E-state index is 0.0500. The number of nitrogens with one attached hydrogen (secondary N) is 1. The van der Waals surface area contributed by atoms with Crippen LogP contribution in [-0.4, -0.2) is 11.7 Å². The van der Waals surface area contributed by atoms with E-state index in [0.717, 1.165) is 25.7 Å². The lowest BCUT2D eigenvalue weighted by Crippen LogP contribution is -2.24. The van der Waals surface area contributed by atoms with Crippen molar-refractivity contribution in [2.24, 2.45) is 5.92 Å². The second-order valence-electron chi connectivity index (χ2n) is 4.73. The Morgan fingerprint density at radius 2 is 1.79 bits per heavy atom. The molecule has 0 aliphatic heterocycles. The molecule has 0 saturated heterocycles. The number of amides is 1. The Bertz CT molecular complexity index is 416. The zero-order chi connectivity index (χ0) is 13.7. The molecule has 1 aliphatic carbocycles. The molecule has 1 aliphatic rings. The van der Waals surface area contributed by atoms with Gasteiger partial charge in [0.15, 0.2) is 0 Å². The van der Waals surface area contributed by atoms with Crippen molar-refractivity contribution in [2.75, 3.05) is 5.32 Å². The SMILES string of the molecule is O=C(Nc1ccc(SC(F)F)cc1)C1CCCCC1. The van der Waals surface area contributed by atoms with E-state index in [1.54, 1.807) is 24.3 Å². The van der Waals surface area contributed by atoms with Crippen LogP contribution in [0.5, 0.6) is 0 Å². The lowest BCUT2D eigenvalue weighted by molar-refractivity contribution is -0.120. The number of alkyl halides is 2. The van der Waals surface area contributed by atoms with Crippen LogP contribution in [0.1, 0.15) is 32.1 Å². The van der Waals surface area contributed by atoms with Gasteiger partial charge in [0.05, 0.1) is 0 Å². The molecule has 0 spiro atoms. The first kappa shape index (κ1) is 14.3. The van der Waals surface area contributed by atoms with Gasteiger partial charge in [0.1, 0.15) is 0 Å². The van der Waals surface area contributed by atoms with Crippen molar-refractivity contribution >= 4 is 23.4 Å². The van der Waals surface area contributed by atoms with Gasteiger partial charge in [-0.2, -0.15) is 8.78 Å². The quantitative estimate of drug-likeness (QED) is 0.824. The molecule has 1 amide bonds.